The summed E-state index contributed by atoms with van der Waals surface area (Å²) >= 11 is 5.86. The number of anilines is 1. The first-order valence-electron chi connectivity index (χ1n) is 7.47. The maximum absolute atomic E-state index is 11.8. The van der Waals surface area contributed by atoms with Crippen LogP contribution in [0.4, 0.5) is 5.69 Å². The van der Waals surface area contributed by atoms with E-state index in [4.69, 9.17) is 21.4 Å². The number of benzene rings is 2. The lowest BCUT2D eigenvalue weighted by Crippen LogP contribution is -2.30. The van der Waals surface area contributed by atoms with E-state index >= 15 is 0 Å². The van der Waals surface area contributed by atoms with Gasteiger partial charge in [0.25, 0.3) is 0 Å². The van der Waals surface area contributed by atoms with Gasteiger partial charge in [-0.05, 0) is 55.0 Å². The van der Waals surface area contributed by atoms with Gasteiger partial charge < -0.3 is 14.7 Å². The number of carboxylic acid groups (broad SMARTS) is 1. The third kappa shape index (κ3) is 4.99. The first kappa shape index (κ1) is 17.8. The molecule has 6 heteroatoms. The van der Waals surface area contributed by atoms with E-state index in [1.165, 1.54) is 19.1 Å². The Labute approximate surface area is 145 Å². The highest BCUT2D eigenvalue weighted by Crippen LogP contribution is 2.19. The fourth-order valence-electron chi connectivity index (χ4n) is 2.20. The highest BCUT2D eigenvalue weighted by molar-refractivity contribution is 6.30. The zero-order valence-corrected chi connectivity index (χ0v) is 14.0. The van der Waals surface area contributed by atoms with E-state index in [9.17, 15) is 9.59 Å². The molecule has 2 aromatic rings. The Bertz CT molecular complexity index is 698. The van der Waals surface area contributed by atoms with Gasteiger partial charge in [-0.2, -0.15) is 0 Å². The number of carboxylic acids is 1. The number of hydrogen-bond donors (Lipinski definition) is 1. The highest BCUT2D eigenvalue weighted by Gasteiger charge is 2.11. The number of aromatic carboxylic acids is 1. The fourth-order valence-corrected chi connectivity index (χ4v) is 2.32. The van der Waals surface area contributed by atoms with Crippen LogP contribution in [0.1, 0.15) is 23.7 Å². The van der Waals surface area contributed by atoms with Crippen molar-refractivity contribution >= 4 is 29.2 Å². The van der Waals surface area contributed by atoms with Gasteiger partial charge in [-0.1, -0.05) is 11.6 Å². The Morgan fingerprint density at radius 1 is 1.08 bits per heavy atom. The average molecular weight is 348 g/mol. The third-order valence-electron chi connectivity index (χ3n) is 3.41. The van der Waals surface area contributed by atoms with Crippen LogP contribution in [0.5, 0.6) is 5.75 Å². The van der Waals surface area contributed by atoms with Gasteiger partial charge in [0.1, 0.15) is 5.75 Å². The molecule has 5 nitrogen and oxygen atoms in total. The normalized spacial score (nSPS) is 10.2. The van der Waals surface area contributed by atoms with Crippen molar-refractivity contribution in [3.05, 3.63) is 59.1 Å². The smallest absolute Gasteiger partial charge is 0.335 e. The summed E-state index contributed by atoms with van der Waals surface area (Å²) < 4.78 is 5.57. The molecule has 0 atom stereocenters. The number of carbonyl (C=O) groups excluding carboxylic acids is 1. The number of rotatable bonds is 7. The number of carbonyl (C=O) groups is 2. The van der Waals surface area contributed by atoms with Gasteiger partial charge in [0, 0.05) is 24.2 Å². The molecule has 2 rings (SSSR count). The first-order valence-corrected chi connectivity index (χ1v) is 7.85. The second kappa shape index (κ2) is 8.36. The number of ether oxygens (including phenoxy) is 1. The second-order valence-corrected chi connectivity index (χ2v) is 5.62. The van der Waals surface area contributed by atoms with Crippen LogP contribution >= 0.6 is 11.6 Å². The van der Waals surface area contributed by atoms with Crippen molar-refractivity contribution < 1.29 is 19.4 Å². The van der Waals surface area contributed by atoms with Gasteiger partial charge in [-0.3, -0.25) is 4.79 Å². The molecule has 2 aromatic carbocycles. The lowest BCUT2D eigenvalue weighted by Gasteiger charge is -2.21. The molecule has 0 aliphatic rings. The molecule has 0 aliphatic heterocycles. The van der Waals surface area contributed by atoms with Crippen LogP contribution in [0.25, 0.3) is 0 Å². The predicted octanol–water partition coefficient (Wildman–Crippen LogP) is 3.86. The third-order valence-corrected chi connectivity index (χ3v) is 3.67. The maximum atomic E-state index is 11.8. The number of halogens is 1. The van der Waals surface area contributed by atoms with E-state index in [1.54, 1.807) is 41.3 Å². The van der Waals surface area contributed by atoms with Crippen LogP contribution in [0, 0.1) is 0 Å². The topological polar surface area (TPSA) is 66.8 Å². The summed E-state index contributed by atoms with van der Waals surface area (Å²) in [5, 5.41) is 9.46. The van der Waals surface area contributed by atoms with Gasteiger partial charge in [0.15, 0.2) is 0 Å². The van der Waals surface area contributed by atoms with Crippen molar-refractivity contribution in [1.29, 1.82) is 0 Å². The zero-order valence-electron chi connectivity index (χ0n) is 13.2. The maximum Gasteiger partial charge on any atom is 0.335 e. The molecule has 24 heavy (non-hydrogen) atoms. The van der Waals surface area contributed by atoms with E-state index < -0.39 is 5.97 Å². The number of hydrogen-bond acceptors (Lipinski definition) is 3. The Morgan fingerprint density at radius 3 is 2.25 bits per heavy atom. The summed E-state index contributed by atoms with van der Waals surface area (Å²) in [7, 11) is 0. The molecule has 0 spiro atoms. The molecule has 0 fully saturated rings. The Balaban J connectivity index is 1.85. The fraction of sp³-hybridized carbons (Fsp3) is 0.222. The molecule has 0 radical (unpaired) electrons. The monoisotopic (exact) mass is 347 g/mol. The molecular formula is C18H18ClNO4. The summed E-state index contributed by atoms with van der Waals surface area (Å²) in [4.78, 5) is 24.2. The van der Waals surface area contributed by atoms with Crippen molar-refractivity contribution in [2.75, 3.05) is 18.1 Å². The quantitative estimate of drug-likeness (QED) is 0.772. The van der Waals surface area contributed by atoms with Crippen LogP contribution in [0.2, 0.25) is 5.02 Å². The Morgan fingerprint density at radius 2 is 1.71 bits per heavy atom. The van der Waals surface area contributed by atoms with Gasteiger partial charge in [0.2, 0.25) is 5.91 Å². The minimum Gasteiger partial charge on any atom is -0.494 e. The number of amides is 1. The van der Waals surface area contributed by atoms with Crippen LogP contribution in [0.15, 0.2) is 48.5 Å². The van der Waals surface area contributed by atoms with E-state index in [0.29, 0.717) is 30.3 Å². The van der Waals surface area contributed by atoms with Crippen LogP contribution in [-0.4, -0.2) is 30.1 Å². The molecule has 1 amide bonds. The van der Waals surface area contributed by atoms with E-state index in [1.807, 2.05) is 0 Å². The van der Waals surface area contributed by atoms with Crippen molar-refractivity contribution in [2.24, 2.45) is 0 Å². The van der Waals surface area contributed by atoms with Gasteiger partial charge in [-0.25, -0.2) is 4.79 Å². The predicted molar refractivity (Wildman–Crippen MR) is 93.0 cm³/mol. The van der Waals surface area contributed by atoms with Crippen LogP contribution in [-0.2, 0) is 4.79 Å². The average Bonchev–Trinajstić information content (AvgIpc) is 2.56. The molecule has 0 aromatic heterocycles. The summed E-state index contributed by atoms with van der Waals surface area (Å²) in [6, 6.07) is 13.3. The second-order valence-electron chi connectivity index (χ2n) is 5.18. The molecular weight excluding hydrogens is 330 g/mol. The van der Waals surface area contributed by atoms with Crippen molar-refractivity contribution in [3.63, 3.8) is 0 Å². The van der Waals surface area contributed by atoms with Crippen LogP contribution < -0.4 is 9.64 Å². The molecule has 0 aliphatic carbocycles. The van der Waals surface area contributed by atoms with Gasteiger partial charge >= 0.3 is 5.97 Å². The molecule has 0 heterocycles. The standard InChI is InChI=1S/C18H18ClNO4/c1-13(21)20(16-7-5-15(19)6-8-16)11-2-12-24-17-9-3-14(4-10-17)18(22)23/h3-10H,2,11-12H2,1H3,(H,22,23). The summed E-state index contributed by atoms with van der Waals surface area (Å²) in [5.74, 6) is -0.425. The lowest BCUT2D eigenvalue weighted by atomic mass is 10.2. The molecule has 1 N–H and O–H groups in total. The van der Waals surface area contributed by atoms with E-state index in [-0.39, 0.29) is 11.5 Å². The SMILES string of the molecule is CC(=O)N(CCCOc1ccc(C(=O)O)cc1)c1ccc(Cl)cc1. The summed E-state index contributed by atoms with van der Waals surface area (Å²) in [5.41, 5.74) is 1.01. The van der Waals surface area contributed by atoms with Crippen molar-refractivity contribution in [2.45, 2.75) is 13.3 Å². The molecule has 0 saturated heterocycles. The van der Waals surface area contributed by atoms with E-state index in [0.717, 1.165) is 5.69 Å². The van der Waals surface area contributed by atoms with Gasteiger partial charge in [0.05, 0.1) is 12.2 Å². The van der Waals surface area contributed by atoms with E-state index in [2.05, 4.69) is 0 Å². The Hall–Kier alpha value is -2.53. The minimum atomic E-state index is -0.971. The molecule has 126 valence electrons. The van der Waals surface area contributed by atoms with Crippen molar-refractivity contribution in [1.82, 2.24) is 0 Å². The highest BCUT2D eigenvalue weighted by atomic mass is 35.5. The van der Waals surface area contributed by atoms with Crippen LogP contribution in [0.3, 0.4) is 0 Å². The summed E-state index contributed by atoms with van der Waals surface area (Å²) in [6.07, 6.45) is 0.642. The molecule has 0 bridgehead atoms. The summed E-state index contributed by atoms with van der Waals surface area (Å²) in [6.45, 7) is 2.45. The van der Waals surface area contributed by atoms with Gasteiger partial charge in [-0.15, -0.1) is 0 Å². The zero-order chi connectivity index (χ0) is 17.5. The minimum absolute atomic E-state index is 0.0527. The largest absolute Gasteiger partial charge is 0.494 e. The molecule has 0 saturated carbocycles. The van der Waals surface area contributed by atoms with Crippen molar-refractivity contribution in [3.8, 4) is 5.75 Å². The lowest BCUT2D eigenvalue weighted by molar-refractivity contribution is -0.116. The first-order chi connectivity index (χ1) is 11.5. The number of nitrogens with zero attached hydrogens (tertiary/aromatic N) is 1. The Kier molecular flexibility index (Phi) is 6.21. The molecule has 0 unspecified atom stereocenters.